The number of nitrogens with zero attached hydrogens (tertiary/aromatic N) is 2. The van der Waals surface area contributed by atoms with Crippen LogP contribution in [-0.4, -0.2) is 35.4 Å². The lowest BCUT2D eigenvalue weighted by atomic mass is 10.1. The fourth-order valence-corrected chi connectivity index (χ4v) is 3.06. The van der Waals surface area contributed by atoms with E-state index in [-0.39, 0.29) is 5.91 Å². The van der Waals surface area contributed by atoms with Gasteiger partial charge in [0.05, 0.1) is 11.3 Å². The Labute approximate surface area is 147 Å². The molecular formula is C19H22ClN3O. The average molecular weight is 344 g/mol. The highest BCUT2D eigenvalue weighted by molar-refractivity contribution is 6.30. The first kappa shape index (κ1) is 16.8. The lowest BCUT2D eigenvalue weighted by Gasteiger charge is -2.26. The summed E-state index contributed by atoms with van der Waals surface area (Å²) in [6.45, 7) is 2.49. The van der Waals surface area contributed by atoms with Gasteiger partial charge in [0.15, 0.2) is 0 Å². The molecule has 0 unspecified atom stereocenters. The van der Waals surface area contributed by atoms with Gasteiger partial charge in [0.25, 0.3) is 5.91 Å². The van der Waals surface area contributed by atoms with Crippen molar-refractivity contribution in [2.24, 2.45) is 0 Å². The zero-order valence-corrected chi connectivity index (χ0v) is 14.4. The van der Waals surface area contributed by atoms with Gasteiger partial charge >= 0.3 is 0 Å². The fraction of sp³-hybridized carbons (Fsp3) is 0.368. The summed E-state index contributed by atoms with van der Waals surface area (Å²) in [5.41, 5.74) is 2.76. The molecule has 0 atom stereocenters. The van der Waals surface area contributed by atoms with Gasteiger partial charge in [-0.15, -0.1) is 0 Å². The number of carbonyl (C=O) groups excluding carboxylic acids is 1. The Bertz CT molecular complexity index is 681. The molecule has 2 aromatic rings. The molecule has 1 aliphatic heterocycles. The number of halogens is 1. The minimum atomic E-state index is 0.0866. The molecule has 126 valence electrons. The predicted octanol–water partition coefficient (Wildman–Crippen LogP) is 4.02. The average Bonchev–Trinajstić information content (AvgIpc) is 2.64. The highest BCUT2D eigenvalue weighted by Gasteiger charge is 2.18. The smallest absolute Gasteiger partial charge is 0.255 e. The normalized spacial score (nSPS) is 14.5. The van der Waals surface area contributed by atoms with Crippen molar-refractivity contribution in [3.8, 4) is 0 Å². The molecule has 0 spiro atoms. The van der Waals surface area contributed by atoms with Crippen molar-refractivity contribution in [1.29, 1.82) is 0 Å². The lowest BCUT2D eigenvalue weighted by molar-refractivity contribution is 0.0724. The van der Waals surface area contributed by atoms with E-state index in [1.54, 1.807) is 12.4 Å². The first-order valence-electron chi connectivity index (χ1n) is 8.45. The molecule has 24 heavy (non-hydrogen) atoms. The number of rotatable bonds is 5. The minimum absolute atomic E-state index is 0.0866. The Balaban J connectivity index is 1.56. The summed E-state index contributed by atoms with van der Waals surface area (Å²) in [6.07, 6.45) is 7.71. The first-order valence-corrected chi connectivity index (χ1v) is 8.83. The standard InChI is InChI=1S/C19H22ClN3O/c20-17-6-4-15(5-7-17)8-9-22-18-12-16(13-21-14-18)19(24)23-10-2-1-3-11-23/h4-7,12-14,22H,1-3,8-11H2. The number of nitrogens with one attached hydrogen (secondary N) is 1. The number of hydrogen-bond donors (Lipinski definition) is 1. The maximum absolute atomic E-state index is 12.5. The van der Waals surface area contributed by atoms with Crippen LogP contribution >= 0.6 is 11.6 Å². The zero-order valence-electron chi connectivity index (χ0n) is 13.7. The second-order valence-electron chi connectivity index (χ2n) is 6.12. The molecule has 0 aliphatic carbocycles. The van der Waals surface area contributed by atoms with E-state index in [1.807, 2.05) is 35.2 Å². The van der Waals surface area contributed by atoms with Crippen molar-refractivity contribution < 1.29 is 4.79 Å². The van der Waals surface area contributed by atoms with E-state index in [0.29, 0.717) is 5.56 Å². The van der Waals surface area contributed by atoms with Gasteiger partial charge in [-0.3, -0.25) is 9.78 Å². The molecule has 1 N–H and O–H groups in total. The molecule has 1 saturated heterocycles. The molecule has 0 radical (unpaired) electrons. The first-order chi connectivity index (χ1) is 11.7. The quantitative estimate of drug-likeness (QED) is 0.892. The third-order valence-corrected chi connectivity index (χ3v) is 4.54. The number of amides is 1. The van der Waals surface area contributed by atoms with Crippen LogP contribution in [0.3, 0.4) is 0 Å². The van der Waals surface area contributed by atoms with E-state index in [2.05, 4.69) is 10.3 Å². The molecule has 1 fully saturated rings. The van der Waals surface area contributed by atoms with Crippen LogP contribution in [0, 0.1) is 0 Å². The van der Waals surface area contributed by atoms with Crippen LogP contribution in [-0.2, 0) is 6.42 Å². The van der Waals surface area contributed by atoms with E-state index in [4.69, 9.17) is 11.6 Å². The number of benzene rings is 1. The maximum Gasteiger partial charge on any atom is 0.255 e. The second kappa shape index (κ2) is 8.15. The van der Waals surface area contributed by atoms with Crippen molar-refractivity contribution in [2.45, 2.75) is 25.7 Å². The number of anilines is 1. The van der Waals surface area contributed by atoms with Crippen molar-refractivity contribution in [3.05, 3.63) is 58.9 Å². The van der Waals surface area contributed by atoms with E-state index in [0.717, 1.165) is 49.6 Å². The number of hydrogen-bond acceptors (Lipinski definition) is 3. The van der Waals surface area contributed by atoms with Gasteiger partial charge < -0.3 is 10.2 Å². The molecule has 2 heterocycles. The Kier molecular flexibility index (Phi) is 5.70. The SMILES string of the molecule is O=C(c1cncc(NCCc2ccc(Cl)cc2)c1)N1CCCCC1. The lowest BCUT2D eigenvalue weighted by Crippen LogP contribution is -2.35. The summed E-state index contributed by atoms with van der Waals surface area (Å²) in [5.74, 6) is 0.0866. The van der Waals surface area contributed by atoms with Gasteiger partial charge in [-0.05, 0) is 49.4 Å². The van der Waals surface area contributed by atoms with Crippen LogP contribution in [0.25, 0.3) is 0 Å². The topological polar surface area (TPSA) is 45.2 Å². The largest absolute Gasteiger partial charge is 0.383 e. The molecule has 1 aliphatic rings. The summed E-state index contributed by atoms with van der Waals surface area (Å²) < 4.78 is 0. The predicted molar refractivity (Wildman–Crippen MR) is 97.6 cm³/mol. The van der Waals surface area contributed by atoms with Gasteiger partial charge in [-0.2, -0.15) is 0 Å². The summed E-state index contributed by atoms with van der Waals surface area (Å²) in [4.78, 5) is 18.7. The summed E-state index contributed by atoms with van der Waals surface area (Å²) >= 11 is 5.89. The Hall–Kier alpha value is -2.07. The molecule has 1 amide bonds. The van der Waals surface area contributed by atoms with Gasteiger partial charge in [0.2, 0.25) is 0 Å². The highest BCUT2D eigenvalue weighted by atomic mass is 35.5. The molecule has 0 bridgehead atoms. The number of aromatic nitrogens is 1. The van der Waals surface area contributed by atoms with E-state index in [1.165, 1.54) is 12.0 Å². The van der Waals surface area contributed by atoms with Crippen molar-refractivity contribution in [2.75, 3.05) is 25.0 Å². The molecule has 0 saturated carbocycles. The van der Waals surface area contributed by atoms with Crippen molar-refractivity contribution in [1.82, 2.24) is 9.88 Å². The summed E-state index contributed by atoms with van der Waals surface area (Å²) in [7, 11) is 0. The van der Waals surface area contributed by atoms with Crippen molar-refractivity contribution >= 4 is 23.2 Å². The maximum atomic E-state index is 12.5. The summed E-state index contributed by atoms with van der Waals surface area (Å²) in [5, 5.41) is 4.09. The number of piperidine rings is 1. The molecule has 5 heteroatoms. The van der Waals surface area contributed by atoms with E-state index >= 15 is 0 Å². The Morgan fingerprint density at radius 2 is 1.88 bits per heavy atom. The number of likely N-dealkylation sites (tertiary alicyclic amines) is 1. The van der Waals surface area contributed by atoms with Crippen LogP contribution < -0.4 is 5.32 Å². The fourth-order valence-electron chi connectivity index (χ4n) is 2.94. The van der Waals surface area contributed by atoms with Gasteiger partial charge in [-0.1, -0.05) is 23.7 Å². The van der Waals surface area contributed by atoms with Crippen LogP contribution in [0.15, 0.2) is 42.7 Å². The van der Waals surface area contributed by atoms with Gasteiger partial charge in [0, 0.05) is 37.1 Å². The molecular weight excluding hydrogens is 322 g/mol. The zero-order chi connectivity index (χ0) is 16.8. The highest BCUT2D eigenvalue weighted by Crippen LogP contribution is 2.15. The van der Waals surface area contributed by atoms with Crippen molar-refractivity contribution in [3.63, 3.8) is 0 Å². The molecule has 3 rings (SSSR count). The van der Waals surface area contributed by atoms with Crippen LogP contribution in [0.4, 0.5) is 5.69 Å². The third-order valence-electron chi connectivity index (χ3n) is 4.28. The van der Waals surface area contributed by atoms with E-state index in [9.17, 15) is 4.79 Å². The second-order valence-corrected chi connectivity index (χ2v) is 6.55. The minimum Gasteiger partial charge on any atom is -0.383 e. The molecule has 4 nitrogen and oxygen atoms in total. The summed E-state index contributed by atoms with van der Waals surface area (Å²) in [6, 6.07) is 9.75. The van der Waals surface area contributed by atoms with Gasteiger partial charge in [-0.25, -0.2) is 0 Å². The van der Waals surface area contributed by atoms with Gasteiger partial charge in [0.1, 0.15) is 0 Å². The third kappa shape index (κ3) is 4.48. The number of carbonyl (C=O) groups is 1. The Morgan fingerprint density at radius 1 is 1.12 bits per heavy atom. The van der Waals surface area contributed by atoms with Crippen LogP contribution in [0.2, 0.25) is 5.02 Å². The van der Waals surface area contributed by atoms with Crippen LogP contribution in [0.1, 0.15) is 35.2 Å². The molecule has 1 aromatic carbocycles. The monoisotopic (exact) mass is 343 g/mol. The number of pyridine rings is 1. The van der Waals surface area contributed by atoms with Crippen LogP contribution in [0.5, 0.6) is 0 Å². The molecule has 1 aromatic heterocycles. The van der Waals surface area contributed by atoms with E-state index < -0.39 is 0 Å². The Morgan fingerprint density at radius 3 is 2.62 bits per heavy atom.